The van der Waals surface area contributed by atoms with Crippen molar-refractivity contribution >= 4 is 17.5 Å². The standard InChI is InChI=1S/C22H24N4O3/c1-28-18-8-6-17(7-9-18)15-22(27)24-21-11-10-20(25-26-21)23-13-12-16-4-3-5-19(14-16)29-2/h3-11,14H,12-13,15H2,1-2H3,(H,23,25)(H,24,26,27). The highest BCUT2D eigenvalue weighted by atomic mass is 16.5. The smallest absolute Gasteiger partial charge is 0.229 e. The fourth-order valence-electron chi connectivity index (χ4n) is 2.77. The van der Waals surface area contributed by atoms with Gasteiger partial charge in [-0.1, -0.05) is 24.3 Å². The Balaban J connectivity index is 1.45. The molecule has 0 unspecified atom stereocenters. The molecular formula is C22H24N4O3. The molecule has 1 aromatic heterocycles. The van der Waals surface area contributed by atoms with Gasteiger partial charge in [0.1, 0.15) is 17.3 Å². The third kappa shape index (κ3) is 6.21. The van der Waals surface area contributed by atoms with Crippen LogP contribution in [0.1, 0.15) is 11.1 Å². The Bertz CT molecular complexity index is 928. The third-order valence-electron chi connectivity index (χ3n) is 4.31. The number of nitrogens with zero attached hydrogens (tertiary/aromatic N) is 2. The molecule has 1 heterocycles. The van der Waals surface area contributed by atoms with Crippen LogP contribution in [-0.4, -0.2) is 36.9 Å². The van der Waals surface area contributed by atoms with E-state index in [0.29, 0.717) is 18.2 Å². The maximum absolute atomic E-state index is 12.2. The first-order valence-corrected chi connectivity index (χ1v) is 9.29. The molecule has 0 saturated carbocycles. The van der Waals surface area contributed by atoms with Gasteiger partial charge in [-0.2, -0.15) is 0 Å². The summed E-state index contributed by atoms with van der Waals surface area (Å²) in [6.45, 7) is 0.713. The summed E-state index contributed by atoms with van der Waals surface area (Å²) >= 11 is 0. The molecule has 0 bridgehead atoms. The lowest BCUT2D eigenvalue weighted by molar-refractivity contribution is -0.115. The van der Waals surface area contributed by atoms with Gasteiger partial charge in [0, 0.05) is 6.54 Å². The van der Waals surface area contributed by atoms with Crippen LogP contribution in [0, 0.1) is 0 Å². The topological polar surface area (TPSA) is 85.4 Å². The zero-order chi connectivity index (χ0) is 20.5. The highest BCUT2D eigenvalue weighted by molar-refractivity contribution is 5.91. The highest BCUT2D eigenvalue weighted by Crippen LogP contribution is 2.14. The van der Waals surface area contributed by atoms with Crippen molar-refractivity contribution in [1.82, 2.24) is 10.2 Å². The van der Waals surface area contributed by atoms with Crippen LogP contribution < -0.4 is 20.1 Å². The average Bonchev–Trinajstić information content (AvgIpc) is 2.75. The van der Waals surface area contributed by atoms with Crippen molar-refractivity contribution in [3.63, 3.8) is 0 Å². The lowest BCUT2D eigenvalue weighted by atomic mass is 10.1. The Kier molecular flexibility index (Phi) is 7.00. The molecule has 0 aliphatic heterocycles. The van der Waals surface area contributed by atoms with Gasteiger partial charge in [-0.15, -0.1) is 10.2 Å². The predicted molar refractivity (Wildman–Crippen MR) is 113 cm³/mol. The van der Waals surface area contributed by atoms with E-state index in [9.17, 15) is 4.79 Å². The minimum absolute atomic E-state index is 0.150. The maximum atomic E-state index is 12.2. The van der Waals surface area contributed by atoms with Gasteiger partial charge in [0.05, 0.1) is 20.6 Å². The molecular weight excluding hydrogens is 368 g/mol. The van der Waals surface area contributed by atoms with Gasteiger partial charge < -0.3 is 20.1 Å². The number of carbonyl (C=O) groups excluding carboxylic acids is 1. The normalized spacial score (nSPS) is 10.3. The monoisotopic (exact) mass is 392 g/mol. The summed E-state index contributed by atoms with van der Waals surface area (Å²) in [5.74, 6) is 2.53. The van der Waals surface area contributed by atoms with E-state index in [4.69, 9.17) is 9.47 Å². The number of rotatable bonds is 9. The van der Waals surface area contributed by atoms with Crippen LogP contribution in [0.3, 0.4) is 0 Å². The third-order valence-corrected chi connectivity index (χ3v) is 4.31. The van der Waals surface area contributed by atoms with Gasteiger partial charge in [0.25, 0.3) is 0 Å². The van der Waals surface area contributed by atoms with E-state index >= 15 is 0 Å². The van der Waals surface area contributed by atoms with Crippen molar-refractivity contribution in [1.29, 1.82) is 0 Å². The van der Waals surface area contributed by atoms with Crippen LogP contribution in [0.2, 0.25) is 0 Å². The van der Waals surface area contributed by atoms with E-state index in [1.807, 2.05) is 42.5 Å². The number of methoxy groups -OCH3 is 2. The molecule has 0 fully saturated rings. The van der Waals surface area contributed by atoms with E-state index in [2.05, 4.69) is 26.9 Å². The van der Waals surface area contributed by atoms with Gasteiger partial charge in [-0.05, 0) is 53.9 Å². The molecule has 150 valence electrons. The highest BCUT2D eigenvalue weighted by Gasteiger charge is 2.06. The number of benzene rings is 2. The van der Waals surface area contributed by atoms with Gasteiger partial charge in [-0.3, -0.25) is 4.79 Å². The molecule has 7 nitrogen and oxygen atoms in total. The van der Waals surface area contributed by atoms with E-state index in [0.717, 1.165) is 23.5 Å². The second-order valence-corrected chi connectivity index (χ2v) is 6.41. The van der Waals surface area contributed by atoms with Crippen LogP contribution >= 0.6 is 0 Å². The summed E-state index contributed by atoms with van der Waals surface area (Å²) in [5.41, 5.74) is 2.07. The molecule has 29 heavy (non-hydrogen) atoms. The first kappa shape index (κ1) is 20.1. The van der Waals surface area contributed by atoms with Gasteiger partial charge in [0.2, 0.25) is 5.91 Å². The lowest BCUT2D eigenvalue weighted by Gasteiger charge is -2.08. The van der Waals surface area contributed by atoms with Gasteiger partial charge in [-0.25, -0.2) is 0 Å². The largest absolute Gasteiger partial charge is 0.497 e. The first-order chi connectivity index (χ1) is 14.2. The first-order valence-electron chi connectivity index (χ1n) is 9.29. The molecule has 0 spiro atoms. The number of amides is 1. The van der Waals surface area contributed by atoms with E-state index in [-0.39, 0.29) is 12.3 Å². The minimum atomic E-state index is -0.150. The van der Waals surface area contributed by atoms with Crippen LogP contribution in [0.25, 0.3) is 0 Å². The number of anilines is 2. The summed E-state index contributed by atoms with van der Waals surface area (Å²) in [4.78, 5) is 12.2. The molecule has 0 atom stereocenters. The summed E-state index contributed by atoms with van der Waals surface area (Å²) in [5, 5.41) is 14.1. The number of carbonyl (C=O) groups is 1. The Morgan fingerprint density at radius 2 is 1.59 bits per heavy atom. The Labute approximate surface area is 170 Å². The predicted octanol–water partition coefficient (Wildman–Crippen LogP) is 3.33. The second-order valence-electron chi connectivity index (χ2n) is 6.41. The van der Waals surface area contributed by atoms with Crippen molar-refractivity contribution in [3.8, 4) is 11.5 Å². The Morgan fingerprint density at radius 1 is 0.862 bits per heavy atom. The van der Waals surface area contributed by atoms with E-state index in [1.165, 1.54) is 5.56 Å². The zero-order valence-electron chi connectivity index (χ0n) is 16.5. The number of hydrogen-bond donors (Lipinski definition) is 2. The summed E-state index contributed by atoms with van der Waals surface area (Å²) in [7, 11) is 3.27. The fraction of sp³-hybridized carbons (Fsp3) is 0.227. The number of nitrogens with one attached hydrogen (secondary N) is 2. The molecule has 0 aliphatic carbocycles. The zero-order valence-corrected chi connectivity index (χ0v) is 16.5. The van der Waals surface area contributed by atoms with Crippen LogP contribution in [0.5, 0.6) is 11.5 Å². The van der Waals surface area contributed by atoms with Crippen molar-refractivity contribution in [2.75, 3.05) is 31.4 Å². The van der Waals surface area contributed by atoms with Crippen molar-refractivity contribution in [2.24, 2.45) is 0 Å². The molecule has 1 amide bonds. The molecule has 0 saturated heterocycles. The van der Waals surface area contributed by atoms with E-state index in [1.54, 1.807) is 26.4 Å². The van der Waals surface area contributed by atoms with Gasteiger partial charge >= 0.3 is 0 Å². The molecule has 7 heteroatoms. The van der Waals surface area contributed by atoms with Gasteiger partial charge in [0.15, 0.2) is 5.82 Å². The second kappa shape index (κ2) is 10.1. The minimum Gasteiger partial charge on any atom is -0.497 e. The number of aromatic nitrogens is 2. The molecule has 0 radical (unpaired) electrons. The lowest BCUT2D eigenvalue weighted by Crippen LogP contribution is -2.16. The summed E-state index contributed by atoms with van der Waals surface area (Å²) in [6, 6.07) is 18.9. The SMILES string of the molecule is COc1ccc(CC(=O)Nc2ccc(NCCc3cccc(OC)c3)nn2)cc1. The Hall–Kier alpha value is -3.61. The van der Waals surface area contributed by atoms with Crippen molar-refractivity contribution < 1.29 is 14.3 Å². The molecule has 2 aromatic carbocycles. The van der Waals surface area contributed by atoms with Crippen molar-refractivity contribution in [3.05, 3.63) is 71.8 Å². The summed E-state index contributed by atoms with van der Waals surface area (Å²) in [6.07, 6.45) is 1.09. The van der Waals surface area contributed by atoms with Crippen LogP contribution in [0.4, 0.5) is 11.6 Å². The molecule has 3 aromatic rings. The van der Waals surface area contributed by atoms with Crippen LogP contribution in [0.15, 0.2) is 60.7 Å². The maximum Gasteiger partial charge on any atom is 0.229 e. The van der Waals surface area contributed by atoms with Crippen molar-refractivity contribution in [2.45, 2.75) is 12.8 Å². The quantitative estimate of drug-likeness (QED) is 0.581. The molecule has 3 rings (SSSR count). The summed E-state index contributed by atoms with van der Waals surface area (Å²) < 4.78 is 10.3. The molecule has 2 N–H and O–H groups in total. The molecule has 0 aliphatic rings. The van der Waals surface area contributed by atoms with Crippen LogP contribution in [-0.2, 0) is 17.6 Å². The van der Waals surface area contributed by atoms with E-state index < -0.39 is 0 Å². The average molecular weight is 392 g/mol. The fourth-order valence-corrected chi connectivity index (χ4v) is 2.77. The number of hydrogen-bond acceptors (Lipinski definition) is 6. The number of ether oxygens (including phenoxy) is 2. The Morgan fingerprint density at radius 3 is 2.28 bits per heavy atom.